The summed E-state index contributed by atoms with van der Waals surface area (Å²) in [6, 6.07) is 5.68. The van der Waals surface area contributed by atoms with E-state index in [0.717, 1.165) is 5.56 Å². The monoisotopic (exact) mass is 420 g/mol. The molecule has 4 rings (SSSR count). The Morgan fingerprint density at radius 3 is 2.71 bits per heavy atom. The molecule has 28 heavy (non-hydrogen) atoms. The van der Waals surface area contributed by atoms with Gasteiger partial charge in [-0.15, -0.1) is 0 Å². The predicted molar refractivity (Wildman–Crippen MR) is 105 cm³/mol. The molecule has 1 fully saturated rings. The summed E-state index contributed by atoms with van der Waals surface area (Å²) in [5, 5.41) is 14.7. The topological polar surface area (TPSA) is 87.8 Å². The number of carbonyl (C=O) groups is 2. The molecule has 2 aliphatic rings. The Morgan fingerprint density at radius 1 is 1.21 bits per heavy atom. The second-order valence-corrected chi connectivity index (χ2v) is 7.83. The van der Waals surface area contributed by atoms with Crippen molar-refractivity contribution in [2.45, 2.75) is 31.8 Å². The maximum Gasteiger partial charge on any atom is 0.326 e. The Morgan fingerprint density at radius 2 is 2.00 bits per heavy atom. The third-order valence-electron chi connectivity index (χ3n) is 5.34. The van der Waals surface area contributed by atoms with Crippen LogP contribution >= 0.6 is 23.2 Å². The Bertz CT molecular complexity index is 987. The first-order valence-corrected chi connectivity index (χ1v) is 9.71. The molecule has 2 aliphatic heterocycles. The van der Waals surface area contributed by atoms with Gasteiger partial charge in [0.25, 0.3) is 0 Å². The molecule has 1 aromatic heterocycles. The standard InChI is InChI=1S/C19H18Cl2N4O3/c1-10-16(18(26)24-8-2-3-14(24)19(27)28)17(25-15(23-10)6-7-22-25)11-4-5-12(20)13(21)9-11/h4-7,9,14,16-17H,2-3,8H2,1H3,(H,27,28)/t14-,16?,17?/m0/s1. The zero-order valence-corrected chi connectivity index (χ0v) is 16.6. The first kappa shape index (κ1) is 19.0. The van der Waals surface area contributed by atoms with Gasteiger partial charge in [-0.25, -0.2) is 14.5 Å². The molecule has 0 spiro atoms. The number of amides is 1. The van der Waals surface area contributed by atoms with Gasteiger partial charge >= 0.3 is 5.97 Å². The van der Waals surface area contributed by atoms with Crippen LogP contribution in [-0.2, 0) is 9.59 Å². The van der Waals surface area contributed by atoms with Gasteiger partial charge in [0, 0.05) is 18.3 Å². The van der Waals surface area contributed by atoms with Gasteiger partial charge in [0.05, 0.1) is 22.3 Å². The quantitative estimate of drug-likeness (QED) is 0.821. The largest absolute Gasteiger partial charge is 0.480 e. The fourth-order valence-corrected chi connectivity index (χ4v) is 4.35. The van der Waals surface area contributed by atoms with E-state index in [1.54, 1.807) is 36.0 Å². The van der Waals surface area contributed by atoms with E-state index in [2.05, 4.69) is 10.1 Å². The molecule has 1 N–H and O–H groups in total. The Hall–Kier alpha value is -2.38. The van der Waals surface area contributed by atoms with Crippen LogP contribution < -0.4 is 0 Å². The van der Waals surface area contributed by atoms with Gasteiger partial charge in [0.1, 0.15) is 12.0 Å². The molecule has 0 saturated carbocycles. The lowest BCUT2D eigenvalue weighted by Gasteiger charge is -2.34. The van der Waals surface area contributed by atoms with Gasteiger partial charge in [0.2, 0.25) is 5.91 Å². The smallest absolute Gasteiger partial charge is 0.326 e. The highest BCUT2D eigenvalue weighted by molar-refractivity contribution is 6.42. The first-order chi connectivity index (χ1) is 13.4. The van der Waals surface area contributed by atoms with Crippen molar-refractivity contribution in [2.24, 2.45) is 10.9 Å². The number of aliphatic carboxylic acids is 1. The molecule has 1 saturated heterocycles. The van der Waals surface area contributed by atoms with Crippen molar-refractivity contribution in [1.82, 2.24) is 14.7 Å². The van der Waals surface area contributed by atoms with Gasteiger partial charge in [0.15, 0.2) is 5.82 Å². The number of rotatable bonds is 3. The molecule has 1 amide bonds. The molecule has 2 unspecified atom stereocenters. The summed E-state index contributed by atoms with van der Waals surface area (Å²) in [7, 11) is 0. The fourth-order valence-electron chi connectivity index (χ4n) is 4.04. The summed E-state index contributed by atoms with van der Waals surface area (Å²) >= 11 is 12.3. The van der Waals surface area contributed by atoms with Gasteiger partial charge in [-0.05, 0) is 37.5 Å². The Labute approximate surface area is 171 Å². The number of carbonyl (C=O) groups excluding carboxylic acids is 1. The summed E-state index contributed by atoms with van der Waals surface area (Å²) < 4.78 is 1.68. The average Bonchev–Trinajstić information content (AvgIpc) is 3.31. The molecular formula is C19H18Cl2N4O3. The lowest BCUT2D eigenvalue weighted by molar-refractivity contribution is -0.149. The van der Waals surface area contributed by atoms with Crippen molar-refractivity contribution in [2.75, 3.05) is 6.54 Å². The normalized spacial score (nSPS) is 24.0. The number of carboxylic acid groups (broad SMARTS) is 1. The van der Waals surface area contributed by atoms with Gasteiger partial charge in [-0.3, -0.25) is 4.79 Å². The number of hydrogen-bond donors (Lipinski definition) is 1. The summed E-state index contributed by atoms with van der Waals surface area (Å²) in [6.45, 7) is 2.20. The fraction of sp³-hybridized carbons (Fsp3) is 0.368. The second-order valence-electron chi connectivity index (χ2n) is 7.01. The molecule has 7 nitrogen and oxygen atoms in total. The number of aliphatic imine (C=N–C) groups is 1. The number of aromatic nitrogens is 2. The molecule has 0 radical (unpaired) electrons. The Balaban J connectivity index is 1.80. The third-order valence-corrected chi connectivity index (χ3v) is 6.08. The van der Waals surface area contributed by atoms with E-state index in [1.807, 2.05) is 6.07 Å². The Kier molecular flexibility index (Phi) is 4.89. The van der Waals surface area contributed by atoms with Gasteiger partial charge in [-0.1, -0.05) is 29.3 Å². The molecule has 0 aliphatic carbocycles. The minimum absolute atomic E-state index is 0.261. The molecule has 1 aromatic carbocycles. The van der Waals surface area contributed by atoms with Crippen LogP contribution in [0.25, 0.3) is 0 Å². The second kappa shape index (κ2) is 7.22. The lowest BCUT2D eigenvalue weighted by atomic mass is 9.87. The maximum atomic E-state index is 13.5. The van der Waals surface area contributed by atoms with Crippen LogP contribution in [0.3, 0.4) is 0 Å². The molecule has 3 atom stereocenters. The average molecular weight is 421 g/mol. The first-order valence-electron chi connectivity index (χ1n) is 8.95. The van der Waals surface area contributed by atoms with E-state index in [-0.39, 0.29) is 5.91 Å². The molecular weight excluding hydrogens is 403 g/mol. The number of carboxylic acids is 1. The van der Waals surface area contributed by atoms with Crippen LogP contribution in [-0.4, -0.2) is 50.0 Å². The number of hydrogen-bond acceptors (Lipinski definition) is 4. The minimum atomic E-state index is -0.984. The van der Waals surface area contributed by atoms with Crippen LogP contribution in [0.1, 0.15) is 31.4 Å². The van der Waals surface area contributed by atoms with Crippen LogP contribution in [0.15, 0.2) is 35.5 Å². The lowest BCUT2D eigenvalue weighted by Crippen LogP contribution is -2.48. The van der Waals surface area contributed by atoms with Crippen LogP contribution in [0.2, 0.25) is 10.0 Å². The van der Waals surface area contributed by atoms with Crippen LogP contribution in [0.4, 0.5) is 5.82 Å². The summed E-state index contributed by atoms with van der Waals surface area (Å²) in [5.74, 6) is -1.29. The number of halogens is 2. The number of nitrogens with zero attached hydrogens (tertiary/aromatic N) is 4. The van der Waals surface area contributed by atoms with Crippen molar-refractivity contribution < 1.29 is 14.7 Å². The van der Waals surface area contributed by atoms with Crippen molar-refractivity contribution >= 4 is 46.6 Å². The van der Waals surface area contributed by atoms with Crippen LogP contribution in [0.5, 0.6) is 0 Å². The molecule has 9 heteroatoms. The zero-order chi connectivity index (χ0) is 20.0. The van der Waals surface area contributed by atoms with E-state index in [4.69, 9.17) is 23.2 Å². The predicted octanol–water partition coefficient (Wildman–Crippen LogP) is 3.58. The zero-order valence-electron chi connectivity index (χ0n) is 15.0. The summed E-state index contributed by atoms with van der Waals surface area (Å²) in [4.78, 5) is 31.1. The highest BCUT2D eigenvalue weighted by Gasteiger charge is 2.44. The maximum absolute atomic E-state index is 13.5. The van der Waals surface area contributed by atoms with Crippen molar-refractivity contribution in [3.63, 3.8) is 0 Å². The summed E-state index contributed by atoms with van der Waals surface area (Å²) in [6.07, 6.45) is 2.74. The minimum Gasteiger partial charge on any atom is -0.480 e. The highest BCUT2D eigenvalue weighted by atomic mass is 35.5. The van der Waals surface area contributed by atoms with Crippen molar-refractivity contribution in [3.8, 4) is 0 Å². The molecule has 3 heterocycles. The third kappa shape index (κ3) is 3.08. The van der Waals surface area contributed by atoms with Gasteiger partial charge in [-0.2, -0.15) is 5.10 Å². The van der Waals surface area contributed by atoms with E-state index >= 15 is 0 Å². The molecule has 0 bridgehead atoms. The summed E-state index contributed by atoms with van der Waals surface area (Å²) in [5.41, 5.74) is 1.38. The number of fused-ring (bicyclic) bond motifs is 1. The van der Waals surface area contributed by atoms with E-state index in [9.17, 15) is 14.7 Å². The highest BCUT2D eigenvalue weighted by Crippen LogP contribution is 2.39. The van der Waals surface area contributed by atoms with E-state index in [0.29, 0.717) is 41.0 Å². The van der Waals surface area contributed by atoms with E-state index < -0.39 is 24.0 Å². The van der Waals surface area contributed by atoms with Crippen LogP contribution in [0, 0.1) is 5.92 Å². The van der Waals surface area contributed by atoms with Crippen molar-refractivity contribution in [3.05, 3.63) is 46.1 Å². The molecule has 2 aromatic rings. The number of benzene rings is 1. The molecule has 146 valence electrons. The number of likely N-dealkylation sites (tertiary alicyclic amines) is 1. The van der Waals surface area contributed by atoms with E-state index in [1.165, 1.54) is 4.90 Å². The van der Waals surface area contributed by atoms with Crippen molar-refractivity contribution in [1.29, 1.82) is 0 Å². The SMILES string of the molecule is CC1=Nc2ccnn2C(c2ccc(Cl)c(Cl)c2)C1C(=O)N1CCC[C@H]1C(=O)O. The van der Waals surface area contributed by atoms with Gasteiger partial charge < -0.3 is 10.0 Å².